The Bertz CT molecular complexity index is 788. The zero-order chi connectivity index (χ0) is 15.0. The zero-order valence-electron chi connectivity index (χ0n) is 11.6. The van der Waals surface area contributed by atoms with Crippen molar-refractivity contribution in [1.29, 1.82) is 0 Å². The second-order valence-electron chi connectivity index (χ2n) is 4.67. The highest BCUT2D eigenvalue weighted by Gasteiger charge is 2.19. The van der Waals surface area contributed by atoms with E-state index in [9.17, 15) is 4.79 Å². The third-order valence-electron chi connectivity index (χ3n) is 3.25. The van der Waals surface area contributed by atoms with E-state index in [4.69, 9.17) is 11.6 Å². The first-order chi connectivity index (χ1) is 10.1. The molecule has 1 amide bonds. The van der Waals surface area contributed by atoms with Crippen molar-refractivity contribution in [2.24, 2.45) is 7.05 Å². The summed E-state index contributed by atoms with van der Waals surface area (Å²) >= 11 is 6.06. The van der Waals surface area contributed by atoms with Crippen molar-refractivity contribution in [3.63, 3.8) is 0 Å². The van der Waals surface area contributed by atoms with E-state index < -0.39 is 0 Å². The van der Waals surface area contributed by atoms with Gasteiger partial charge in [0, 0.05) is 26.5 Å². The highest BCUT2D eigenvalue weighted by Crippen LogP contribution is 2.17. The Morgan fingerprint density at radius 3 is 2.90 bits per heavy atom. The molecule has 0 radical (unpaired) electrons. The van der Waals surface area contributed by atoms with Crippen LogP contribution in [0.25, 0.3) is 5.65 Å². The van der Waals surface area contributed by atoms with Crippen molar-refractivity contribution in [1.82, 2.24) is 29.3 Å². The minimum absolute atomic E-state index is 0.166. The summed E-state index contributed by atoms with van der Waals surface area (Å²) in [6.45, 7) is 0.359. The van der Waals surface area contributed by atoms with Crippen LogP contribution in [-0.4, -0.2) is 42.2 Å². The first kappa shape index (κ1) is 13.6. The molecule has 0 spiro atoms. The largest absolute Gasteiger partial charge is 0.336 e. The summed E-state index contributed by atoms with van der Waals surface area (Å²) in [5, 5.41) is 8.71. The molecule has 0 N–H and O–H groups in total. The normalized spacial score (nSPS) is 11.0. The Labute approximate surface area is 125 Å². The van der Waals surface area contributed by atoms with Gasteiger partial charge in [-0.25, -0.2) is 9.50 Å². The van der Waals surface area contributed by atoms with Crippen molar-refractivity contribution >= 4 is 23.2 Å². The summed E-state index contributed by atoms with van der Waals surface area (Å²) in [6.07, 6.45) is 6.46. The van der Waals surface area contributed by atoms with E-state index in [0.717, 1.165) is 5.69 Å². The maximum atomic E-state index is 12.5. The molecule has 0 saturated heterocycles. The molecule has 0 saturated carbocycles. The molecule has 0 fully saturated rings. The number of aromatic nitrogens is 5. The number of carbonyl (C=O) groups excluding carboxylic acids is 1. The molecular weight excluding hydrogens is 292 g/mol. The number of halogens is 1. The van der Waals surface area contributed by atoms with Crippen LogP contribution in [0.15, 0.2) is 30.9 Å². The average molecular weight is 305 g/mol. The van der Waals surface area contributed by atoms with Crippen LogP contribution < -0.4 is 0 Å². The molecule has 0 atom stereocenters. The molecule has 3 heterocycles. The van der Waals surface area contributed by atoms with Crippen molar-refractivity contribution in [2.45, 2.75) is 6.54 Å². The molecule has 0 bridgehead atoms. The maximum absolute atomic E-state index is 12.5. The van der Waals surface area contributed by atoms with Crippen LogP contribution in [0.3, 0.4) is 0 Å². The molecular formula is C13H13ClN6O. The second-order valence-corrected chi connectivity index (χ2v) is 5.08. The van der Waals surface area contributed by atoms with Crippen LogP contribution in [0.4, 0.5) is 0 Å². The molecule has 3 aromatic heterocycles. The average Bonchev–Trinajstić information content (AvgIpc) is 3.05. The Hall–Kier alpha value is -2.41. The quantitative estimate of drug-likeness (QED) is 0.733. The Morgan fingerprint density at radius 1 is 1.38 bits per heavy atom. The van der Waals surface area contributed by atoms with Crippen LogP contribution in [0.5, 0.6) is 0 Å². The summed E-state index contributed by atoms with van der Waals surface area (Å²) < 4.78 is 3.22. The number of amides is 1. The van der Waals surface area contributed by atoms with Crippen LogP contribution in [0.2, 0.25) is 5.02 Å². The molecule has 8 heteroatoms. The van der Waals surface area contributed by atoms with Gasteiger partial charge in [0.25, 0.3) is 5.91 Å². The van der Waals surface area contributed by atoms with Gasteiger partial charge in [-0.1, -0.05) is 11.6 Å². The fraction of sp³-hybridized carbons (Fsp3) is 0.231. The standard InChI is InChI=1S/C13H13ClN6O/c1-18(8-11-10(14)7-16-19(11)2)13(21)9-6-17-20-5-3-4-15-12(9)20/h3-7H,8H2,1-2H3. The Morgan fingerprint density at radius 2 is 2.19 bits per heavy atom. The highest BCUT2D eigenvalue weighted by atomic mass is 35.5. The summed E-state index contributed by atoms with van der Waals surface area (Å²) in [4.78, 5) is 18.3. The fourth-order valence-corrected chi connectivity index (χ4v) is 2.32. The van der Waals surface area contributed by atoms with E-state index in [-0.39, 0.29) is 5.91 Å². The van der Waals surface area contributed by atoms with E-state index in [1.807, 2.05) is 0 Å². The van der Waals surface area contributed by atoms with Gasteiger partial charge >= 0.3 is 0 Å². The van der Waals surface area contributed by atoms with Gasteiger partial charge in [-0.15, -0.1) is 0 Å². The lowest BCUT2D eigenvalue weighted by Crippen LogP contribution is -2.27. The third-order valence-corrected chi connectivity index (χ3v) is 3.57. The smallest absolute Gasteiger partial charge is 0.259 e. The highest BCUT2D eigenvalue weighted by molar-refractivity contribution is 6.31. The minimum atomic E-state index is -0.166. The van der Waals surface area contributed by atoms with E-state index in [2.05, 4.69) is 15.2 Å². The molecule has 21 heavy (non-hydrogen) atoms. The van der Waals surface area contributed by atoms with Gasteiger partial charge in [0.1, 0.15) is 5.56 Å². The SMILES string of the molecule is CN(Cc1c(Cl)cnn1C)C(=O)c1cnn2cccnc12. The van der Waals surface area contributed by atoms with E-state index in [1.165, 1.54) is 6.20 Å². The molecule has 0 unspecified atom stereocenters. The van der Waals surface area contributed by atoms with E-state index >= 15 is 0 Å². The Kier molecular flexibility index (Phi) is 3.34. The fourth-order valence-electron chi connectivity index (χ4n) is 2.09. The second kappa shape index (κ2) is 5.17. The van der Waals surface area contributed by atoms with Crippen molar-refractivity contribution in [2.75, 3.05) is 7.05 Å². The Balaban J connectivity index is 1.88. The van der Waals surface area contributed by atoms with Gasteiger partial charge in [0.05, 0.1) is 29.7 Å². The van der Waals surface area contributed by atoms with Crippen molar-refractivity contribution < 1.29 is 4.79 Å². The number of nitrogens with zero attached hydrogens (tertiary/aromatic N) is 6. The molecule has 7 nitrogen and oxygen atoms in total. The minimum Gasteiger partial charge on any atom is -0.336 e. The summed E-state index contributed by atoms with van der Waals surface area (Å²) in [5.41, 5.74) is 1.76. The number of hydrogen-bond donors (Lipinski definition) is 0. The summed E-state index contributed by atoms with van der Waals surface area (Å²) in [7, 11) is 3.49. The monoisotopic (exact) mass is 304 g/mol. The molecule has 0 aliphatic rings. The molecule has 0 aliphatic heterocycles. The van der Waals surface area contributed by atoms with Crippen molar-refractivity contribution in [3.8, 4) is 0 Å². The van der Waals surface area contributed by atoms with Gasteiger partial charge < -0.3 is 4.90 Å². The topological polar surface area (TPSA) is 68.3 Å². The first-order valence-electron chi connectivity index (χ1n) is 6.28. The van der Waals surface area contributed by atoms with Gasteiger partial charge in [-0.3, -0.25) is 9.48 Å². The predicted octanol–water partition coefficient (Wildman–Crippen LogP) is 1.39. The van der Waals surface area contributed by atoms with E-state index in [1.54, 1.807) is 52.8 Å². The third kappa shape index (κ3) is 2.36. The van der Waals surface area contributed by atoms with Gasteiger partial charge in [0.2, 0.25) is 0 Å². The molecule has 0 aromatic carbocycles. The molecule has 3 aromatic rings. The number of rotatable bonds is 3. The van der Waals surface area contributed by atoms with Crippen molar-refractivity contribution in [3.05, 3.63) is 47.1 Å². The van der Waals surface area contributed by atoms with Crippen LogP contribution in [-0.2, 0) is 13.6 Å². The predicted molar refractivity (Wildman–Crippen MR) is 77.0 cm³/mol. The van der Waals surface area contributed by atoms with E-state index in [0.29, 0.717) is 22.8 Å². The van der Waals surface area contributed by atoms with Gasteiger partial charge in [-0.05, 0) is 6.07 Å². The summed E-state index contributed by atoms with van der Waals surface area (Å²) in [6, 6.07) is 1.76. The number of carbonyl (C=O) groups is 1. The number of hydrogen-bond acceptors (Lipinski definition) is 4. The molecule has 108 valence electrons. The maximum Gasteiger partial charge on any atom is 0.259 e. The summed E-state index contributed by atoms with van der Waals surface area (Å²) in [5.74, 6) is -0.166. The number of fused-ring (bicyclic) bond motifs is 1. The first-order valence-corrected chi connectivity index (χ1v) is 6.66. The van der Waals surface area contributed by atoms with Crippen LogP contribution in [0.1, 0.15) is 16.1 Å². The van der Waals surface area contributed by atoms with Crippen LogP contribution in [0, 0.1) is 0 Å². The van der Waals surface area contributed by atoms with Gasteiger partial charge in [0.15, 0.2) is 5.65 Å². The van der Waals surface area contributed by atoms with Crippen LogP contribution >= 0.6 is 11.6 Å². The molecule has 3 rings (SSSR count). The lowest BCUT2D eigenvalue weighted by atomic mass is 10.3. The lowest BCUT2D eigenvalue weighted by Gasteiger charge is -2.16. The molecule has 0 aliphatic carbocycles. The van der Waals surface area contributed by atoms with Gasteiger partial charge in [-0.2, -0.15) is 10.2 Å². The lowest BCUT2D eigenvalue weighted by molar-refractivity contribution is 0.0783. The zero-order valence-corrected chi connectivity index (χ0v) is 12.3. The number of aryl methyl sites for hydroxylation is 1.